The van der Waals surface area contributed by atoms with Crippen LogP contribution in [0.1, 0.15) is 62.2 Å². The Morgan fingerprint density at radius 2 is 1.79 bits per heavy atom. The summed E-state index contributed by atoms with van der Waals surface area (Å²) in [5.41, 5.74) is 0.619. The summed E-state index contributed by atoms with van der Waals surface area (Å²) in [6.07, 6.45) is 8.22. The molecule has 0 radical (unpaired) electrons. The van der Waals surface area contributed by atoms with Crippen molar-refractivity contribution in [2.75, 3.05) is 6.79 Å². The summed E-state index contributed by atoms with van der Waals surface area (Å²) < 4.78 is 10.8. The monoisotopic (exact) mass is 349 g/mol. The maximum atomic E-state index is 13.2. The number of amides is 1. The van der Waals surface area contributed by atoms with Crippen molar-refractivity contribution >= 4 is 17.5 Å². The molecule has 130 valence electrons. The normalized spacial score (nSPS) is 25.6. The predicted molar refractivity (Wildman–Crippen MR) is 92.8 cm³/mol. The van der Waals surface area contributed by atoms with E-state index in [0.29, 0.717) is 34.2 Å². The van der Waals surface area contributed by atoms with Crippen LogP contribution in [0.5, 0.6) is 11.5 Å². The molecule has 1 aromatic carbocycles. The fourth-order valence-electron chi connectivity index (χ4n) is 4.05. The van der Waals surface area contributed by atoms with Gasteiger partial charge in [0, 0.05) is 17.6 Å². The first kappa shape index (κ1) is 16.1. The van der Waals surface area contributed by atoms with Gasteiger partial charge >= 0.3 is 0 Å². The molecule has 1 amide bonds. The molecule has 4 nitrogen and oxygen atoms in total. The zero-order valence-electron chi connectivity index (χ0n) is 14.1. The number of carbonyl (C=O) groups is 1. The van der Waals surface area contributed by atoms with Crippen LogP contribution in [-0.2, 0) is 0 Å². The molecule has 0 saturated heterocycles. The second kappa shape index (κ2) is 6.47. The van der Waals surface area contributed by atoms with Crippen molar-refractivity contribution in [1.29, 1.82) is 0 Å². The van der Waals surface area contributed by atoms with Crippen LogP contribution in [-0.4, -0.2) is 29.7 Å². The van der Waals surface area contributed by atoms with Crippen molar-refractivity contribution in [3.05, 3.63) is 22.7 Å². The van der Waals surface area contributed by atoms with Crippen molar-refractivity contribution in [3.63, 3.8) is 0 Å². The summed E-state index contributed by atoms with van der Waals surface area (Å²) >= 11 is 6.27. The summed E-state index contributed by atoms with van der Waals surface area (Å²) in [7, 11) is 0. The number of ether oxygens (including phenoxy) is 2. The molecule has 1 heterocycles. The van der Waals surface area contributed by atoms with E-state index in [2.05, 4.69) is 11.8 Å². The number of halogens is 1. The van der Waals surface area contributed by atoms with Crippen molar-refractivity contribution in [3.8, 4) is 11.5 Å². The van der Waals surface area contributed by atoms with Crippen LogP contribution in [0.2, 0.25) is 5.02 Å². The zero-order chi connectivity index (χ0) is 16.7. The summed E-state index contributed by atoms with van der Waals surface area (Å²) in [6.45, 7) is 2.43. The Morgan fingerprint density at radius 1 is 1.12 bits per heavy atom. The lowest BCUT2D eigenvalue weighted by molar-refractivity contribution is 0.0587. The number of nitrogens with zero attached hydrogens (tertiary/aromatic N) is 1. The van der Waals surface area contributed by atoms with Gasteiger partial charge in [-0.2, -0.15) is 0 Å². The number of carbonyl (C=O) groups excluding carboxylic acids is 1. The van der Waals surface area contributed by atoms with Crippen LogP contribution in [0.15, 0.2) is 12.1 Å². The van der Waals surface area contributed by atoms with E-state index in [1.165, 1.54) is 19.3 Å². The summed E-state index contributed by atoms with van der Waals surface area (Å²) in [5, 5.41) is 0.457. The molecule has 0 aromatic heterocycles. The molecule has 0 bridgehead atoms. The molecule has 1 aromatic rings. The fourth-order valence-corrected chi connectivity index (χ4v) is 4.32. The molecule has 2 fully saturated rings. The zero-order valence-corrected chi connectivity index (χ0v) is 14.8. The molecule has 24 heavy (non-hydrogen) atoms. The Kier molecular flexibility index (Phi) is 4.33. The molecule has 4 rings (SSSR count). The molecule has 1 aliphatic heterocycles. The van der Waals surface area contributed by atoms with Gasteiger partial charge in [-0.1, -0.05) is 24.9 Å². The molecule has 2 aliphatic carbocycles. The van der Waals surface area contributed by atoms with Crippen molar-refractivity contribution in [2.24, 2.45) is 5.92 Å². The van der Waals surface area contributed by atoms with Gasteiger partial charge in [0.1, 0.15) is 0 Å². The van der Waals surface area contributed by atoms with Crippen LogP contribution in [0.25, 0.3) is 0 Å². The van der Waals surface area contributed by atoms with Gasteiger partial charge in [0.2, 0.25) is 6.79 Å². The van der Waals surface area contributed by atoms with Crippen molar-refractivity contribution in [1.82, 2.24) is 4.90 Å². The molecule has 0 atom stereocenters. The van der Waals surface area contributed by atoms with E-state index in [1.807, 2.05) is 0 Å². The van der Waals surface area contributed by atoms with Crippen LogP contribution < -0.4 is 9.47 Å². The Morgan fingerprint density at radius 3 is 2.42 bits per heavy atom. The van der Waals surface area contributed by atoms with Crippen LogP contribution in [0.3, 0.4) is 0 Å². The third-order valence-electron chi connectivity index (χ3n) is 5.64. The maximum absolute atomic E-state index is 13.2. The minimum absolute atomic E-state index is 0.0950. The third-order valence-corrected chi connectivity index (χ3v) is 5.92. The van der Waals surface area contributed by atoms with Crippen LogP contribution in [0.4, 0.5) is 0 Å². The average molecular weight is 350 g/mol. The highest BCUT2D eigenvalue weighted by atomic mass is 35.5. The fraction of sp³-hybridized carbons (Fsp3) is 0.632. The molecule has 0 unspecified atom stereocenters. The van der Waals surface area contributed by atoms with Gasteiger partial charge in [-0.25, -0.2) is 0 Å². The van der Waals surface area contributed by atoms with Gasteiger partial charge < -0.3 is 14.4 Å². The molecular weight excluding hydrogens is 326 g/mol. The lowest BCUT2D eigenvalue weighted by atomic mass is 9.83. The van der Waals surface area contributed by atoms with Gasteiger partial charge in [0.25, 0.3) is 5.91 Å². The number of hydrogen-bond acceptors (Lipinski definition) is 3. The van der Waals surface area contributed by atoms with E-state index in [-0.39, 0.29) is 12.7 Å². The first-order valence-electron chi connectivity index (χ1n) is 9.09. The molecular formula is C19H24ClNO3. The first-order valence-corrected chi connectivity index (χ1v) is 9.47. The molecule has 2 saturated carbocycles. The topological polar surface area (TPSA) is 38.8 Å². The molecule has 0 N–H and O–H groups in total. The standard InChI is InChI=1S/C19H24ClNO3/c1-2-12-3-5-14(6-4-12)21(15-7-8-15)19(22)13-9-16(20)18-17(10-13)23-11-24-18/h9-10,12,14-15H,2-8,11H2,1H3. The van der Waals surface area contributed by atoms with Gasteiger partial charge in [-0.3, -0.25) is 4.79 Å². The van der Waals surface area contributed by atoms with Gasteiger partial charge in [0.15, 0.2) is 11.5 Å². The van der Waals surface area contributed by atoms with Crippen molar-refractivity contribution in [2.45, 2.75) is 64.0 Å². The smallest absolute Gasteiger partial charge is 0.254 e. The van der Waals surface area contributed by atoms with Gasteiger partial charge in [-0.05, 0) is 56.6 Å². The van der Waals surface area contributed by atoms with E-state index < -0.39 is 0 Å². The van der Waals surface area contributed by atoms with Gasteiger partial charge in [0.05, 0.1) is 5.02 Å². The summed E-state index contributed by atoms with van der Waals surface area (Å²) in [5.74, 6) is 2.06. The quantitative estimate of drug-likeness (QED) is 0.794. The van der Waals surface area contributed by atoms with Crippen molar-refractivity contribution < 1.29 is 14.3 Å². The van der Waals surface area contributed by atoms with E-state index >= 15 is 0 Å². The summed E-state index contributed by atoms with van der Waals surface area (Å²) in [6, 6.07) is 4.29. The second-order valence-electron chi connectivity index (χ2n) is 7.22. The Hall–Kier alpha value is -1.42. The Bertz CT molecular complexity index is 636. The van der Waals surface area contributed by atoms with Crippen LogP contribution >= 0.6 is 11.6 Å². The predicted octanol–water partition coefficient (Wildman–Crippen LogP) is 4.64. The number of fused-ring (bicyclic) bond motifs is 1. The summed E-state index contributed by atoms with van der Waals surface area (Å²) in [4.78, 5) is 15.3. The molecule has 3 aliphatic rings. The highest BCUT2D eigenvalue weighted by molar-refractivity contribution is 6.32. The lowest BCUT2D eigenvalue weighted by Crippen LogP contribution is -2.43. The van der Waals surface area contributed by atoms with E-state index in [0.717, 1.165) is 31.6 Å². The Balaban J connectivity index is 1.56. The van der Waals surface area contributed by atoms with Gasteiger partial charge in [-0.15, -0.1) is 0 Å². The largest absolute Gasteiger partial charge is 0.454 e. The minimum atomic E-state index is 0.0950. The lowest BCUT2D eigenvalue weighted by Gasteiger charge is -2.37. The van der Waals surface area contributed by atoms with E-state index in [4.69, 9.17) is 21.1 Å². The third kappa shape index (κ3) is 2.97. The van der Waals surface area contributed by atoms with E-state index in [1.54, 1.807) is 12.1 Å². The first-order chi connectivity index (χ1) is 11.7. The number of hydrogen-bond donors (Lipinski definition) is 0. The molecule has 5 heteroatoms. The highest BCUT2D eigenvalue weighted by Crippen LogP contribution is 2.42. The maximum Gasteiger partial charge on any atom is 0.254 e. The minimum Gasteiger partial charge on any atom is -0.454 e. The highest BCUT2D eigenvalue weighted by Gasteiger charge is 2.39. The SMILES string of the molecule is CCC1CCC(N(C(=O)c2cc(Cl)c3c(c2)OCO3)C2CC2)CC1. The van der Waals surface area contributed by atoms with E-state index in [9.17, 15) is 4.79 Å². The Labute approximate surface area is 148 Å². The molecule has 0 spiro atoms. The second-order valence-corrected chi connectivity index (χ2v) is 7.63. The number of rotatable bonds is 4. The number of benzene rings is 1. The average Bonchev–Trinajstić information content (AvgIpc) is 3.31. The van der Waals surface area contributed by atoms with Crippen LogP contribution in [0, 0.1) is 5.92 Å².